The van der Waals surface area contributed by atoms with E-state index in [1.165, 1.54) is 235 Å². The summed E-state index contributed by atoms with van der Waals surface area (Å²) < 4.78 is 0. The summed E-state index contributed by atoms with van der Waals surface area (Å²) in [4.78, 5) is 23.8. The van der Waals surface area contributed by atoms with Crippen molar-refractivity contribution in [2.75, 3.05) is 18.0 Å². The quantitative estimate of drug-likeness (QED) is 0.0246. The van der Waals surface area contributed by atoms with Crippen LogP contribution in [0.25, 0.3) is 23.3 Å². The highest BCUT2D eigenvalue weighted by Gasteiger charge is 2.23. The van der Waals surface area contributed by atoms with Crippen molar-refractivity contribution in [1.29, 1.82) is 0 Å². The fourth-order valence-corrected chi connectivity index (χ4v) is 8.86. The molecule has 7 nitrogen and oxygen atoms in total. The summed E-state index contributed by atoms with van der Waals surface area (Å²) in [6.07, 6.45) is 48.2. The van der Waals surface area contributed by atoms with Gasteiger partial charge in [-0.3, -0.25) is 20.2 Å². The molecule has 0 aromatic heterocycles. The topological polar surface area (TPSA) is 89.5 Å². The minimum absolute atomic E-state index is 0.504. The van der Waals surface area contributed by atoms with Crippen LogP contribution in [0.2, 0.25) is 0 Å². The molecule has 0 aliphatic heterocycles. The van der Waals surface area contributed by atoms with E-state index in [1.54, 1.807) is 6.08 Å². The number of nitro benzene ring substituents is 2. The standard InChI is InChI=1S/C56H87N3O4/c1-3-5-7-9-11-13-15-17-19-21-23-25-27-29-31-33-47-57(48-34-32-30-28-26-24-22-20-18-16-14-12-10-8-6-4-2)54-44-42-53(43-45-54)52-40-37-50(38-41-52)35-36-51-39-46-55(58(60)61)56(49-51)59(62)63/h35-46,49H,3-34,47-48H2,1-2H3. The van der Waals surface area contributed by atoms with Crippen molar-refractivity contribution in [1.82, 2.24) is 0 Å². The van der Waals surface area contributed by atoms with Crippen LogP contribution in [0.1, 0.15) is 230 Å². The van der Waals surface area contributed by atoms with Gasteiger partial charge in [0.2, 0.25) is 0 Å². The van der Waals surface area contributed by atoms with Gasteiger partial charge in [-0.05, 0) is 53.3 Å². The molecule has 0 aliphatic rings. The normalized spacial score (nSPS) is 11.5. The molecule has 350 valence electrons. The Bertz CT molecular complexity index is 1600. The van der Waals surface area contributed by atoms with Gasteiger partial charge in [-0.15, -0.1) is 0 Å². The first-order valence-electron chi connectivity index (χ1n) is 26.0. The van der Waals surface area contributed by atoms with Gasteiger partial charge in [0, 0.05) is 30.9 Å². The fourth-order valence-electron chi connectivity index (χ4n) is 8.86. The maximum Gasteiger partial charge on any atom is 0.346 e. The number of benzene rings is 3. The van der Waals surface area contributed by atoms with E-state index < -0.39 is 21.2 Å². The summed E-state index contributed by atoms with van der Waals surface area (Å²) in [5, 5.41) is 22.6. The van der Waals surface area contributed by atoms with Crippen LogP contribution in [0.5, 0.6) is 0 Å². The first kappa shape index (κ1) is 53.3. The average molecular weight is 866 g/mol. The lowest BCUT2D eigenvalue weighted by atomic mass is 10.0. The van der Waals surface area contributed by atoms with Gasteiger partial charge in [0.15, 0.2) is 0 Å². The Morgan fingerprint density at radius 3 is 1.03 bits per heavy atom. The lowest BCUT2D eigenvalue weighted by Crippen LogP contribution is -2.25. The summed E-state index contributed by atoms with van der Waals surface area (Å²) in [6, 6.07) is 21.3. The molecular formula is C56H87N3O4. The number of nitrogens with zero attached hydrogens (tertiary/aromatic N) is 3. The number of anilines is 1. The van der Waals surface area contributed by atoms with Gasteiger partial charge in [0.25, 0.3) is 0 Å². The smallest absolute Gasteiger partial charge is 0.346 e. The highest BCUT2D eigenvalue weighted by Crippen LogP contribution is 2.29. The Morgan fingerprint density at radius 1 is 0.381 bits per heavy atom. The van der Waals surface area contributed by atoms with Crippen molar-refractivity contribution in [3.8, 4) is 11.1 Å². The maximum atomic E-state index is 11.4. The number of hydrogen-bond acceptors (Lipinski definition) is 5. The molecule has 0 atom stereocenters. The number of unbranched alkanes of at least 4 members (excludes halogenated alkanes) is 30. The molecule has 3 rings (SSSR count). The van der Waals surface area contributed by atoms with Crippen molar-refractivity contribution in [3.63, 3.8) is 0 Å². The lowest BCUT2D eigenvalue weighted by Gasteiger charge is -2.25. The van der Waals surface area contributed by atoms with E-state index in [4.69, 9.17) is 0 Å². The first-order valence-corrected chi connectivity index (χ1v) is 26.0. The Balaban J connectivity index is 1.42. The van der Waals surface area contributed by atoms with Crippen LogP contribution < -0.4 is 4.90 Å². The van der Waals surface area contributed by atoms with Crippen LogP contribution in [-0.4, -0.2) is 22.9 Å². The Labute approximate surface area is 384 Å². The SMILES string of the molecule is CCCCCCCCCCCCCCCCCCN(CCCCCCCCCCCCCCCCCC)c1ccc(-c2ccc(C=Cc3ccc([N+](=O)[O-])c([N+](=O)[O-])c3)cc2)cc1. The van der Waals surface area contributed by atoms with Gasteiger partial charge < -0.3 is 4.90 Å². The molecule has 63 heavy (non-hydrogen) atoms. The Morgan fingerprint density at radius 2 is 0.683 bits per heavy atom. The van der Waals surface area contributed by atoms with Crippen molar-refractivity contribution in [2.24, 2.45) is 0 Å². The van der Waals surface area contributed by atoms with E-state index in [1.807, 2.05) is 18.2 Å². The number of hydrogen-bond donors (Lipinski definition) is 0. The zero-order chi connectivity index (χ0) is 45.0. The number of rotatable bonds is 40. The van der Waals surface area contributed by atoms with Crippen LogP contribution in [0.15, 0.2) is 66.7 Å². The van der Waals surface area contributed by atoms with E-state index in [2.05, 4.69) is 55.1 Å². The second kappa shape index (κ2) is 35.4. The second-order valence-corrected chi connectivity index (χ2v) is 18.4. The zero-order valence-corrected chi connectivity index (χ0v) is 40.0. The van der Waals surface area contributed by atoms with Gasteiger partial charge >= 0.3 is 11.4 Å². The molecule has 0 saturated heterocycles. The first-order chi connectivity index (χ1) is 30.9. The average Bonchev–Trinajstić information content (AvgIpc) is 3.30. The van der Waals surface area contributed by atoms with E-state index in [0.717, 1.165) is 24.2 Å². The molecule has 0 unspecified atom stereocenters. The van der Waals surface area contributed by atoms with Gasteiger partial charge in [-0.25, -0.2) is 0 Å². The highest BCUT2D eigenvalue weighted by molar-refractivity contribution is 5.74. The second-order valence-electron chi connectivity index (χ2n) is 18.4. The van der Waals surface area contributed by atoms with E-state index >= 15 is 0 Å². The van der Waals surface area contributed by atoms with E-state index in [0.29, 0.717) is 5.56 Å². The van der Waals surface area contributed by atoms with Crippen molar-refractivity contribution >= 4 is 29.2 Å². The minimum atomic E-state index is -0.724. The molecule has 0 spiro atoms. The lowest BCUT2D eigenvalue weighted by molar-refractivity contribution is -0.422. The van der Waals surface area contributed by atoms with Crippen LogP contribution in [-0.2, 0) is 0 Å². The molecule has 0 saturated carbocycles. The van der Waals surface area contributed by atoms with Crippen molar-refractivity contribution < 1.29 is 9.85 Å². The van der Waals surface area contributed by atoms with Crippen LogP contribution >= 0.6 is 0 Å². The summed E-state index contributed by atoms with van der Waals surface area (Å²) in [6.45, 7) is 6.83. The van der Waals surface area contributed by atoms with Crippen LogP contribution in [0.4, 0.5) is 17.1 Å². The molecule has 0 bridgehead atoms. The third kappa shape index (κ3) is 24.6. The Kier molecular flexibility index (Phi) is 29.9. The van der Waals surface area contributed by atoms with Gasteiger partial charge in [0.05, 0.1) is 9.85 Å². The fraction of sp³-hybridized carbons (Fsp3) is 0.643. The van der Waals surface area contributed by atoms with Gasteiger partial charge in [0.1, 0.15) is 0 Å². The monoisotopic (exact) mass is 866 g/mol. The predicted molar refractivity (Wildman–Crippen MR) is 272 cm³/mol. The summed E-state index contributed by atoms with van der Waals surface area (Å²) in [5.41, 5.74) is 4.09. The van der Waals surface area contributed by atoms with E-state index in [9.17, 15) is 20.2 Å². The third-order valence-electron chi connectivity index (χ3n) is 12.9. The van der Waals surface area contributed by atoms with Crippen molar-refractivity contribution in [3.05, 3.63) is 98.1 Å². The molecule has 0 N–H and O–H groups in total. The molecule has 3 aromatic rings. The largest absolute Gasteiger partial charge is 0.372 e. The van der Waals surface area contributed by atoms with Crippen molar-refractivity contribution in [2.45, 2.75) is 219 Å². The predicted octanol–water partition coefficient (Wildman–Crippen LogP) is 18.7. The molecule has 0 radical (unpaired) electrons. The molecule has 0 aliphatic carbocycles. The van der Waals surface area contributed by atoms with Gasteiger partial charge in [-0.2, -0.15) is 0 Å². The number of nitro groups is 2. The summed E-state index contributed by atoms with van der Waals surface area (Å²) >= 11 is 0. The van der Waals surface area contributed by atoms with E-state index in [-0.39, 0.29) is 0 Å². The summed E-state index contributed by atoms with van der Waals surface area (Å²) in [7, 11) is 0. The molecule has 0 heterocycles. The highest BCUT2D eigenvalue weighted by atomic mass is 16.6. The van der Waals surface area contributed by atoms with Crippen LogP contribution in [0.3, 0.4) is 0 Å². The molecule has 3 aromatic carbocycles. The third-order valence-corrected chi connectivity index (χ3v) is 12.9. The molecular weight excluding hydrogens is 779 g/mol. The summed E-state index contributed by atoms with van der Waals surface area (Å²) in [5.74, 6) is 0. The Hall–Kier alpha value is -4.00. The molecule has 0 fully saturated rings. The maximum absolute atomic E-state index is 11.4. The van der Waals surface area contributed by atoms with Crippen LogP contribution in [0, 0.1) is 20.2 Å². The minimum Gasteiger partial charge on any atom is -0.372 e. The molecule has 0 amide bonds. The zero-order valence-electron chi connectivity index (χ0n) is 40.0. The van der Waals surface area contributed by atoms with Gasteiger partial charge in [-0.1, -0.05) is 255 Å². The molecule has 7 heteroatoms.